The van der Waals surface area contributed by atoms with Gasteiger partial charge in [0.15, 0.2) is 0 Å². The highest BCUT2D eigenvalue weighted by Crippen LogP contribution is 2.17. The number of rotatable bonds is 3. The fourth-order valence-electron chi connectivity index (χ4n) is 1.79. The number of aryl methyl sites for hydroxylation is 1. The summed E-state index contributed by atoms with van der Waals surface area (Å²) in [7, 11) is 0. The lowest BCUT2D eigenvalue weighted by atomic mass is 10.2. The second kappa shape index (κ2) is 6.16. The van der Waals surface area contributed by atoms with E-state index in [0.717, 1.165) is 11.1 Å². The number of nitrogens with one attached hydrogen (secondary N) is 2. The summed E-state index contributed by atoms with van der Waals surface area (Å²) in [4.78, 5) is 11.9. The molecule has 0 saturated carbocycles. The first-order valence-electron chi connectivity index (χ1n) is 6.21. The summed E-state index contributed by atoms with van der Waals surface area (Å²) in [5.41, 5.74) is 8.33. The van der Waals surface area contributed by atoms with Crippen molar-refractivity contribution < 1.29 is 9.18 Å². The van der Waals surface area contributed by atoms with Gasteiger partial charge in [-0.25, -0.2) is 9.18 Å². The molecule has 0 aliphatic heterocycles. The average molecular weight is 273 g/mol. The molecule has 2 rings (SSSR count). The van der Waals surface area contributed by atoms with Crippen molar-refractivity contribution >= 4 is 17.4 Å². The van der Waals surface area contributed by atoms with Crippen LogP contribution in [-0.2, 0) is 6.54 Å². The SMILES string of the molecule is Cc1ccc(F)cc1NC(=O)Nc1cccc(CN)c1. The Morgan fingerprint density at radius 1 is 1.20 bits per heavy atom. The molecular formula is C15H16FN3O. The number of carbonyl (C=O) groups excluding carboxylic acids is 1. The third-order valence-corrected chi connectivity index (χ3v) is 2.87. The van der Waals surface area contributed by atoms with Gasteiger partial charge < -0.3 is 16.4 Å². The number of carbonyl (C=O) groups is 1. The van der Waals surface area contributed by atoms with Crippen LogP contribution in [0.25, 0.3) is 0 Å². The first kappa shape index (κ1) is 14.0. The molecule has 104 valence electrons. The van der Waals surface area contributed by atoms with E-state index in [0.29, 0.717) is 17.9 Å². The van der Waals surface area contributed by atoms with Crippen molar-refractivity contribution in [2.45, 2.75) is 13.5 Å². The Kier molecular flexibility index (Phi) is 4.32. The zero-order valence-electron chi connectivity index (χ0n) is 11.1. The van der Waals surface area contributed by atoms with Crippen LogP contribution in [0.15, 0.2) is 42.5 Å². The molecule has 5 heteroatoms. The molecule has 0 aliphatic rings. The van der Waals surface area contributed by atoms with Crippen molar-refractivity contribution in [3.63, 3.8) is 0 Å². The molecule has 2 amide bonds. The van der Waals surface area contributed by atoms with Gasteiger partial charge in [-0.2, -0.15) is 0 Å². The Labute approximate surface area is 116 Å². The lowest BCUT2D eigenvalue weighted by Crippen LogP contribution is -2.20. The van der Waals surface area contributed by atoms with E-state index in [9.17, 15) is 9.18 Å². The third kappa shape index (κ3) is 3.55. The molecule has 0 heterocycles. The number of amides is 2. The van der Waals surface area contributed by atoms with Crippen LogP contribution in [0.5, 0.6) is 0 Å². The molecule has 0 saturated heterocycles. The fraction of sp³-hybridized carbons (Fsp3) is 0.133. The van der Waals surface area contributed by atoms with E-state index < -0.39 is 11.8 Å². The Morgan fingerprint density at radius 2 is 2.00 bits per heavy atom. The summed E-state index contributed by atoms with van der Waals surface area (Å²) in [5, 5.41) is 5.30. The van der Waals surface area contributed by atoms with Gasteiger partial charge in [0.25, 0.3) is 0 Å². The summed E-state index contributed by atoms with van der Waals surface area (Å²) < 4.78 is 13.1. The number of hydrogen-bond donors (Lipinski definition) is 3. The molecule has 0 atom stereocenters. The average Bonchev–Trinajstić information content (AvgIpc) is 2.43. The molecule has 2 aromatic carbocycles. The van der Waals surface area contributed by atoms with Gasteiger partial charge in [-0.05, 0) is 42.3 Å². The minimum atomic E-state index is -0.423. The predicted molar refractivity (Wildman–Crippen MR) is 78.1 cm³/mol. The lowest BCUT2D eigenvalue weighted by Gasteiger charge is -2.10. The summed E-state index contributed by atoms with van der Waals surface area (Å²) >= 11 is 0. The molecular weight excluding hydrogens is 257 g/mol. The van der Waals surface area contributed by atoms with Gasteiger partial charge in [-0.3, -0.25) is 0 Å². The Hall–Kier alpha value is -2.40. The molecule has 20 heavy (non-hydrogen) atoms. The standard InChI is InChI=1S/C15H16FN3O/c1-10-5-6-12(16)8-14(10)19-15(20)18-13-4-2-3-11(7-13)9-17/h2-8H,9,17H2,1H3,(H2,18,19,20). The molecule has 0 aromatic heterocycles. The maximum atomic E-state index is 13.1. The number of nitrogens with two attached hydrogens (primary N) is 1. The van der Waals surface area contributed by atoms with E-state index in [1.54, 1.807) is 25.1 Å². The topological polar surface area (TPSA) is 67.2 Å². The highest BCUT2D eigenvalue weighted by atomic mass is 19.1. The van der Waals surface area contributed by atoms with Gasteiger partial charge in [-0.15, -0.1) is 0 Å². The van der Waals surface area contributed by atoms with Crippen LogP contribution in [0.2, 0.25) is 0 Å². The van der Waals surface area contributed by atoms with Crippen molar-refractivity contribution in [3.05, 3.63) is 59.4 Å². The van der Waals surface area contributed by atoms with Gasteiger partial charge in [0.05, 0.1) is 0 Å². The maximum Gasteiger partial charge on any atom is 0.323 e. The van der Waals surface area contributed by atoms with E-state index >= 15 is 0 Å². The van der Waals surface area contributed by atoms with Crippen LogP contribution in [0, 0.1) is 12.7 Å². The molecule has 4 nitrogen and oxygen atoms in total. The zero-order chi connectivity index (χ0) is 14.5. The van der Waals surface area contributed by atoms with Crippen LogP contribution in [0.1, 0.15) is 11.1 Å². The highest BCUT2D eigenvalue weighted by Gasteiger charge is 2.06. The zero-order valence-corrected chi connectivity index (χ0v) is 11.1. The summed E-state index contributed by atoms with van der Waals surface area (Å²) in [6.07, 6.45) is 0. The minimum absolute atomic E-state index is 0.393. The molecule has 0 fully saturated rings. The van der Waals surface area contributed by atoms with E-state index in [4.69, 9.17) is 5.73 Å². The van der Waals surface area contributed by atoms with Crippen LogP contribution in [0.4, 0.5) is 20.6 Å². The largest absolute Gasteiger partial charge is 0.326 e. The summed E-state index contributed by atoms with van der Waals surface area (Å²) in [6.45, 7) is 2.20. The number of benzene rings is 2. The van der Waals surface area contributed by atoms with Crippen molar-refractivity contribution in [1.29, 1.82) is 0 Å². The maximum absolute atomic E-state index is 13.1. The van der Waals surface area contributed by atoms with Crippen molar-refractivity contribution in [1.82, 2.24) is 0 Å². The van der Waals surface area contributed by atoms with E-state index in [-0.39, 0.29) is 0 Å². The minimum Gasteiger partial charge on any atom is -0.326 e. The smallest absolute Gasteiger partial charge is 0.323 e. The molecule has 2 aromatic rings. The predicted octanol–water partition coefficient (Wildman–Crippen LogP) is 3.24. The van der Waals surface area contributed by atoms with Crippen molar-refractivity contribution in [2.24, 2.45) is 5.73 Å². The molecule has 0 aliphatic carbocycles. The summed E-state index contributed by atoms with van der Waals surface area (Å²) in [6, 6.07) is 11.1. The third-order valence-electron chi connectivity index (χ3n) is 2.87. The summed E-state index contributed by atoms with van der Waals surface area (Å²) in [5.74, 6) is -0.393. The number of anilines is 2. The second-order valence-corrected chi connectivity index (χ2v) is 4.44. The van der Waals surface area contributed by atoms with E-state index in [1.807, 2.05) is 12.1 Å². The van der Waals surface area contributed by atoms with Crippen molar-refractivity contribution in [2.75, 3.05) is 10.6 Å². The molecule has 4 N–H and O–H groups in total. The Balaban J connectivity index is 2.07. The van der Waals surface area contributed by atoms with Crippen LogP contribution in [-0.4, -0.2) is 6.03 Å². The normalized spacial score (nSPS) is 10.2. The number of hydrogen-bond acceptors (Lipinski definition) is 2. The highest BCUT2D eigenvalue weighted by molar-refractivity contribution is 6.00. The van der Waals surface area contributed by atoms with Gasteiger partial charge in [0, 0.05) is 17.9 Å². The molecule has 0 radical (unpaired) electrons. The molecule has 0 spiro atoms. The van der Waals surface area contributed by atoms with Gasteiger partial charge in [0.1, 0.15) is 5.82 Å². The van der Waals surface area contributed by atoms with Crippen molar-refractivity contribution in [3.8, 4) is 0 Å². The first-order valence-corrected chi connectivity index (χ1v) is 6.21. The fourth-order valence-corrected chi connectivity index (χ4v) is 1.79. The van der Waals surface area contributed by atoms with Crippen LogP contribution < -0.4 is 16.4 Å². The quantitative estimate of drug-likeness (QED) is 0.803. The van der Waals surface area contributed by atoms with Crippen LogP contribution in [0.3, 0.4) is 0 Å². The van der Waals surface area contributed by atoms with Crippen LogP contribution >= 0.6 is 0 Å². The van der Waals surface area contributed by atoms with Gasteiger partial charge in [-0.1, -0.05) is 18.2 Å². The van der Waals surface area contributed by atoms with E-state index in [2.05, 4.69) is 10.6 Å². The first-order chi connectivity index (χ1) is 9.58. The molecule has 0 unspecified atom stereocenters. The lowest BCUT2D eigenvalue weighted by molar-refractivity contribution is 0.262. The monoisotopic (exact) mass is 273 g/mol. The van der Waals surface area contributed by atoms with E-state index in [1.165, 1.54) is 12.1 Å². The molecule has 0 bridgehead atoms. The van der Waals surface area contributed by atoms with Gasteiger partial charge >= 0.3 is 6.03 Å². The van der Waals surface area contributed by atoms with Gasteiger partial charge in [0.2, 0.25) is 0 Å². The Bertz CT molecular complexity index is 628. The second-order valence-electron chi connectivity index (χ2n) is 4.44. The number of urea groups is 1. The number of halogens is 1. The Morgan fingerprint density at radius 3 is 2.75 bits per heavy atom.